The number of fused-ring (bicyclic) bond motifs is 6. The zero-order chi connectivity index (χ0) is 20.4. The van der Waals surface area contributed by atoms with Crippen LogP contribution in [0.2, 0.25) is 0 Å². The second-order valence-electron chi connectivity index (χ2n) is 8.80. The third-order valence-electron chi connectivity index (χ3n) is 7.00. The third-order valence-corrected chi connectivity index (χ3v) is 11.6. The quantitative estimate of drug-likeness (QED) is 0.375. The number of rotatable bonds is 2. The Hall–Kier alpha value is -1.96. The molecule has 2 aliphatic carbocycles. The fraction of sp³-hybridized carbons (Fsp3) is 0.138. The molecule has 0 saturated carbocycles. The van der Waals surface area contributed by atoms with Crippen LogP contribution in [0.15, 0.2) is 83.9 Å². The van der Waals surface area contributed by atoms with E-state index in [-0.39, 0.29) is 24.8 Å². The Morgan fingerprint density at radius 2 is 1.00 bits per heavy atom. The van der Waals surface area contributed by atoms with Crippen LogP contribution in [0.5, 0.6) is 0 Å². The van der Waals surface area contributed by atoms with Crippen LogP contribution >= 0.6 is 0 Å². The van der Waals surface area contributed by atoms with Crippen LogP contribution in [0.4, 0.5) is 0 Å². The molecule has 0 spiro atoms. The van der Waals surface area contributed by atoms with Gasteiger partial charge in [-0.15, -0.1) is 0 Å². The van der Waals surface area contributed by atoms with E-state index in [9.17, 15) is 0 Å². The van der Waals surface area contributed by atoms with E-state index in [0.717, 1.165) is 0 Å². The first-order valence-corrected chi connectivity index (χ1v) is 13.6. The summed E-state index contributed by atoms with van der Waals surface area (Å²) >= 11 is -1.85. The summed E-state index contributed by atoms with van der Waals surface area (Å²) in [5.74, 6) is 0. The van der Waals surface area contributed by atoms with E-state index in [1.165, 1.54) is 54.9 Å². The average Bonchev–Trinajstić information content (AvgIpc) is 3.29. The molecule has 0 heterocycles. The van der Waals surface area contributed by atoms with Gasteiger partial charge in [0.1, 0.15) is 0 Å². The molecule has 0 saturated heterocycles. The van der Waals surface area contributed by atoms with Gasteiger partial charge in [-0.25, -0.2) is 0 Å². The zero-order valence-electron chi connectivity index (χ0n) is 18.2. The standard InChI is InChI=1S/2C14H11.CH2.2ClH.Ti/c2*1-10-8-12-7-6-11-4-2-3-5-13(11)14(12)9-10;;;;/h2*2-9H,1H3;1H2;2*1H;/q;;;;;+2/p-2. The molecule has 0 nitrogen and oxygen atoms in total. The molecule has 0 aromatic heterocycles. The number of hydrogen-bond acceptors (Lipinski definition) is 0. The minimum atomic E-state index is -1.85. The average molecular weight is 491 g/mol. The summed E-state index contributed by atoms with van der Waals surface area (Å²) in [6.45, 7) is 4.66. The van der Waals surface area contributed by atoms with E-state index in [1.54, 1.807) is 0 Å². The van der Waals surface area contributed by atoms with Gasteiger partial charge in [0.05, 0.1) is 0 Å². The van der Waals surface area contributed by atoms with Crippen LogP contribution in [-0.2, 0) is 17.4 Å². The van der Waals surface area contributed by atoms with Crippen LogP contribution in [0.25, 0.3) is 33.7 Å². The second kappa shape index (κ2) is 8.77. The Kier molecular flexibility index (Phi) is 6.36. The van der Waals surface area contributed by atoms with Gasteiger partial charge >= 0.3 is 184 Å². The molecule has 2 aliphatic rings. The molecule has 2 unspecified atom stereocenters. The zero-order valence-corrected chi connectivity index (χ0v) is 21.3. The summed E-state index contributed by atoms with van der Waals surface area (Å²) in [5.41, 5.74) is 8.90. The Bertz CT molecular complexity index is 1340. The van der Waals surface area contributed by atoms with Gasteiger partial charge in [-0.1, -0.05) is 0 Å². The SMILES string of the molecule is [CH2]=[Ti+2]([CH]1C(C)=Cc2ccc3ccccc3c21)[CH]1C(C)=Cc2ccc3ccccc3c21.[Cl-].[Cl-]. The van der Waals surface area contributed by atoms with Crippen LogP contribution in [0.1, 0.15) is 44.5 Å². The van der Waals surface area contributed by atoms with Gasteiger partial charge in [0, 0.05) is 0 Å². The van der Waals surface area contributed by atoms with Gasteiger partial charge in [-0.2, -0.15) is 0 Å². The minimum Gasteiger partial charge on any atom is -1.00 e. The molecule has 3 heteroatoms. The van der Waals surface area contributed by atoms with Gasteiger partial charge < -0.3 is 24.8 Å². The van der Waals surface area contributed by atoms with Gasteiger partial charge in [-0.05, 0) is 0 Å². The van der Waals surface area contributed by atoms with Crippen molar-refractivity contribution in [2.24, 2.45) is 0 Å². The Labute approximate surface area is 208 Å². The molecule has 0 N–H and O–H groups in total. The molecular formula is C29H24Cl2Ti. The summed E-state index contributed by atoms with van der Waals surface area (Å²) < 4.78 is 1.01. The molecule has 4 aromatic carbocycles. The maximum atomic E-state index is 5.00. The van der Waals surface area contributed by atoms with Crippen molar-refractivity contribution in [1.29, 1.82) is 0 Å². The van der Waals surface area contributed by atoms with Crippen molar-refractivity contribution in [3.63, 3.8) is 0 Å². The van der Waals surface area contributed by atoms with Gasteiger partial charge in [0.15, 0.2) is 0 Å². The Morgan fingerprint density at radius 1 is 0.594 bits per heavy atom. The van der Waals surface area contributed by atoms with Crippen molar-refractivity contribution in [2.75, 3.05) is 0 Å². The predicted molar refractivity (Wildman–Crippen MR) is 128 cm³/mol. The number of hydrogen-bond donors (Lipinski definition) is 0. The third kappa shape index (κ3) is 3.37. The summed E-state index contributed by atoms with van der Waals surface area (Å²) in [7, 11) is 0. The smallest absolute Gasteiger partial charge is 1.00 e. The van der Waals surface area contributed by atoms with Crippen LogP contribution in [-0.4, -0.2) is 4.82 Å². The van der Waals surface area contributed by atoms with Crippen molar-refractivity contribution in [2.45, 2.75) is 22.3 Å². The molecule has 0 fully saturated rings. The van der Waals surface area contributed by atoms with Crippen molar-refractivity contribution < 1.29 is 42.2 Å². The molecule has 32 heavy (non-hydrogen) atoms. The summed E-state index contributed by atoms with van der Waals surface area (Å²) in [5, 5.41) is 5.53. The number of allylic oxidation sites excluding steroid dienone is 2. The molecule has 0 bridgehead atoms. The molecular weight excluding hydrogens is 467 g/mol. The van der Waals surface area contributed by atoms with E-state index >= 15 is 0 Å². The monoisotopic (exact) mass is 490 g/mol. The van der Waals surface area contributed by atoms with Crippen molar-refractivity contribution in [3.8, 4) is 0 Å². The van der Waals surface area contributed by atoms with E-state index < -0.39 is 17.4 Å². The van der Waals surface area contributed by atoms with Crippen LogP contribution in [0, 0.1) is 0 Å². The fourth-order valence-electron chi connectivity index (χ4n) is 5.76. The molecule has 4 aromatic rings. The molecule has 0 aliphatic heterocycles. The molecule has 6 rings (SSSR count). The Balaban J connectivity index is 0.00000122. The minimum absolute atomic E-state index is 0. The predicted octanol–water partition coefficient (Wildman–Crippen LogP) is 1.67. The maximum Gasteiger partial charge on any atom is -1.00 e. The topological polar surface area (TPSA) is 0 Å². The number of benzene rings is 4. The first kappa shape index (κ1) is 23.2. The normalized spacial score (nSPS) is 18.0. The molecule has 0 radical (unpaired) electrons. The first-order chi connectivity index (χ1) is 14.6. The van der Waals surface area contributed by atoms with Crippen molar-refractivity contribution in [3.05, 3.63) is 106 Å². The van der Waals surface area contributed by atoms with E-state index in [1.807, 2.05) is 0 Å². The second-order valence-corrected chi connectivity index (χ2v) is 12.4. The van der Waals surface area contributed by atoms with Gasteiger partial charge in [0.25, 0.3) is 0 Å². The van der Waals surface area contributed by atoms with Gasteiger partial charge in [0.2, 0.25) is 0 Å². The fourth-order valence-corrected chi connectivity index (χ4v) is 10.5. The molecule has 2 atom stereocenters. The van der Waals surface area contributed by atoms with Crippen LogP contribution < -0.4 is 24.8 Å². The first-order valence-electron chi connectivity index (χ1n) is 10.7. The summed E-state index contributed by atoms with van der Waals surface area (Å²) in [6.07, 6.45) is 4.84. The van der Waals surface area contributed by atoms with Crippen molar-refractivity contribution >= 4 is 38.5 Å². The molecule has 158 valence electrons. The Morgan fingerprint density at radius 3 is 1.44 bits per heavy atom. The van der Waals surface area contributed by atoms with Crippen molar-refractivity contribution in [1.82, 2.24) is 0 Å². The largest absolute Gasteiger partial charge is 1.00 e. The summed E-state index contributed by atoms with van der Waals surface area (Å²) in [6, 6.07) is 26.9. The van der Waals surface area contributed by atoms with E-state index in [0.29, 0.717) is 8.45 Å². The van der Waals surface area contributed by atoms with Gasteiger partial charge in [-0.3, -0.25) is 0 Å². The van der Waals surface area contributed by atoms with E-state index in [4.69, 9.17) is 4.82 Å². The maximum absolute atomic E-state index is 5.00. The van der Waals surface area contributed by atoms with E-state index in [2.05, 4.69) is 98.8 Å². The molecule has 0 amide bonds. The summed E-state index contributed by atoms with van der Waals surface area (Å²) in [4.78, 5) is 5.00. The van der Waals surface area contributed by atoms with Crippen LogP contribution in [0.3, 0.4) is 0 Å². The number of halogens is 2.